The third-order valence-electron chi connectivity index (χ3n) is 4.84. The van der Waals surface area contributed by atoms with Crippen LogP contribution in [0, 0.1) is 0 Å². The molecular weight excluding hydrogens is 536 g/mol. The first-order valence-electron chi connectivity index (χ1n) is 10.1. The number of carbonyl (C=O) groups excluding carboxylic acids is 2. The van der Waals surface area contributed by atoms with Crippen LogP contribution >= 0.6 is 38.6 Å². The molecule has 0 unspecified atom stereocenters. The fourth-order valence-corrected chi connectivity index (χ4v) is 5.10. The van der Waals surface area contributed by atoms with E-state index in [0.29, 0.717) is 27.6 Å². The lowest BCUT2D eigenvalue weighted by molar-refractivity contribution is 0.0950. The molecule has 2 amide bonds. The fourth-order valence-electron chi connectivity index (χ4n) is 3.02. The van der Waals surface area contributed by atoms with Gasteiger partial charge in [0, 0.05) is 28.8 Å². The summed E-state index contributed by atoms with van der Waals surface area (Å²) in [5.74, 6) is -0.573. The number of rotatable bonds is 7. The van der Waals surface area contributed by atoms with E-state index in [1.807, 2.05) is 36.4 Å². The van der Waals surface area contributed by atoms with Crippen LogP contribution in [0.15, 0.2) is 75.9 Å². The molecule has 0 saturated heterocycles. The lowest BCUT2D eigenvalue weighted by atomic mass is 10.1. The highest BCUT2D eigenvalue weighted by Gasteiger charge is 2.16. The molecule has 4 rings (SSSR count). The van der Waals surface area contributed by atoms with Gasteiger partial charge in [-0.1, -0.05) is 28.1 Å². The number of halogens is 1. The Morgan fingerprint density at radius 1 is 1.03 bits per heavy atom. The molecule has 0 radical (unpaired) electrons. The van der Waals surface area contributed by atoms with E-state index in [-0.39, 0.29) is 11.7 Å². The van der Waals surface area contributed by atoms with E-state index in [0.717, 1.165) is 31.8 Å². The van der Waals surface area contributed by atoms with Crippen molar-refractivity contribution in [3.63, 3.8) is 0 Å². The first-order valence-corrected chi connectivity index (χ1v) is 12.6. The highest BCUT2D eigenvalue weighted by Crippen LogP contribution is 2.39. The van der Waals surface area contributed by atoms with Gasteiger partial charge in [-0.2, -0.15) is 5.10 Å². The van der Waals surface area contributed by atoms with E-state index in [4.69, 9.17) is 0 Å². The number of hydrogen-bond acceptors (Lipinski definition) is 7. The minimum Gasteiger partial charge on any atom is -0.506 e. The summed E-state index contributed by atoms with van der Waals surface area (Å²) in [7, 11) is 0. The quantitative estimate of drug-likeness (QED) is 0.209. The molecule has 4 aromatic rings. The summed E-state index contributed by atoms with van der Waals surface area (Å²) < 4.78 is 0.955. The van der Waals surface area contributed by atoms with Crippen LogP contribution in [0.5, 0.6) is 5.75 Å². The molecule has 0 aliphatic heterocycles. The summed E-state index contributed by atoms with van der Waals surface area (Å²) in [5.41, 5.74) is 5.34. The Bertz CT molecular complexity index is 1350. The van der Waals surface area contributed by atoms with Gasteiger partial charge in [0.05, 0.1) is 25.9 Å². The van der Waals surface area contributed by atoms with Gasteiger partial charge in [0.15, 0.2) is 0 Å². The lowest BCUT2D eigenvalue weighted by Crippen LogP contribution is -2.21. The summed E-state index contributed by atoms with van der Waals surface area (Å²) in [6.45, 7) is 2.08. The molecule has 0 saturated carbocycles. The highest BCUT2D eigenvalue weighted by molar-refractivity contribution is 9.10. The normalized spacial score (nSPS) is 11.3. The Morgan fingerprint density at radius 2 is 1.71 bits per heavy atom. The lowest BCUT2D eigenvalue weighted by Gasteiger charge is -2.03. The molecule has 0 atom stereocenters. The van der Waals surface area contributed by atoms with Crippen LogP contribution < -0.4 is 10.7 Å². The average Bonchev–Trinajstić information content (AvgIpc) is 3.49. The van der Waals surface area contributed by atoms with Crippen LogP contribution in [0.3, 0.4) is 0 Å². The summed E-state index contributed by atoms with van der Waals surface area (Å²) >= 11 is 5.88. The van der Waals surface area contributed by atoms with E-state index >= 15 is 0 Å². The molecule has 7 nitrogen and oxygen atoms in total. The van der Waals surface area contributed by atoms with E-state index < -0.39 is 5.91 Å². The standard InChI is InChI=1S/C24H19BrN4O3S2/c1-14(18-13-33-22(21(18)30)16-2-4-17(25)5-3-16)28-29-24(32)20-7-6-19(34-20)23(31)27-12-15-8-10-26-11-9-15/h2-11,13,30H,12H2,1H3,(H,27,31)(H,29,32). The third-order valence-corrected chi connectivity index (χ3v) is 7.47. The predicted octanol–water partition coefficient (Wildman–Crippen LogP) is 5.42. The molecule has 10 heteroatoms. The van der Waals surface area contributed by atoms with Crippen molar-refractivity contribution in [3.05, 3.63) is 91.7 Å². The number of aromatic nitrogens is 1. The third kappa shape index (κ3) is 5.58. The van der Waals surface area contributed by atoms with Crippen molar-refractivity contribution >= 4 is 56.1 Å². The molecule has 0 fully saturated rings. The Labute approximate surface area is 212 Å². The number of hydrazone groups is 1. The summed E-state index contributed by atoms with van der Waals surface area (Å²) in [6.07, 6.45) is 3.32. The zero-order valence-electron chi connectivity index (χ0n) is 17.9. The molecule has 172 valence electrons. The Hall–Kier alpha value is -3.34. The zero-order chi connectivity index (χ0) is 24.1. The van der Waals surface area contributed by atoms with Crippen LogP contribution in [0.1, 0.15) is 37.4 Å². The fraction of sp³-hybridized carbons (Fsp3) is 0.0833. The Morgan fingerprint density at radius 3 is 2.41 bits per heavy atom. The van der Waals surface area contributed by atoms with E-state index in [2.05, 4.69) is 36.8 Å². The minimum absolute atomic E-state index is 0.118. The van der Waals surface area contributed by atoms with Gasteiger partial charge in [-0.25, -0.2) is 5.43 Å². The number of pyridine rings is 1. The number of nitrogens with zero attached hydrogens (tertiary/aromatic N) is 2. The van der Waals surface area contributed by atoms with Crippen LogP contribution in [-0.4, -0.2) is 27.6 Å². The smallest absolute Gasteiger partial charge is 0.281 e. The molecule has 3 aromatic heterocycles. The maximum atomic E-state index is 12.5. The summed E-state index contributed by atoms with van der Waals surface area (Å²) in [4.78, 5) is 30.4. The largest absolute Gasteiger partial charge is 0.506 e. The van der Waals surface area contributed by atoms with Crippen molar-refractivity contribution in [3.8, 4) is 16.2 Å². The SMILES string of the molecule is CC(=NNC(=O)c1ccc(C(=O)NCc2ccncc2)s1)c1csc(-c2ccc(Br)cc2)c1O. The predicted molar refractivity (Wildman–Crippen MR) is 139 cm³/mol. The van der Waals surface area contributed by atoms with Gasteiger partial charge in [-0.05, 0) is 54.4 Å². The zero-order valence-corrected chi connectivity index (χ0v) is 21.1. The number of benzene rings is 1. The second-order valence-corrected chi connectivity index (χ2v) is 10.1. The average molecular weight is 555 g/mol. The van der Waals surface area contributed by atoms with Gasteiger partial charge in [0.2, 0.25) is 0 Å². The van der Waals surface area contributed by atoms with Crippen molar-refractivity contribution in [2.24, 2.45) is 5.10 Å². The van der Waals surface area contributed by atoms with Gasteiger partial charge in [-0.15, -0.1) is 22.7 Å². The van der Waals surface area contributed by atoms with Gasteiger partial charge in [0.25, 0.3) is 11.8 Å². The van der Waals surface area contributed by atoms with Crippen molar-refractivity contribution in [1.29, 1.82) is 0 Å². The number of hydrogen-bond donors (Lipinski definition) is 3. The van der Waals surface area contributed by atoms with Crippen molar-refractivity contribution in [1.82, 2.24) is 15.7 Å². The van der Waals surface area contributed by atoms with Gasteiger partial charge in [0.1, 0.15) is 5.75 Å². The molecule has 1 aromatic carbocycles. The summed E-state index contributed by atoms with van der Waals surface area (Å²) in [5, 5.41) is 19.4. The first kappa shape index (κ1) is 23.8. The Balaban J connectivity index is 1.39. The van der Waals surface area contributed by atoms with Gasteiger partial charge < -0.3 is 10.4 Å². The minimum atomic E-state index is -0.430. The van der Waals surface area contributed by atoms with Crippen LogP contribution in [0.4, 0.5) is 0 Å². The number of nitrogens with one attached hydrogen (secondary N) is 2. The number of carbonyl (C=O) groups is 2. The molecule has 0 aliphatic rings. The molecule has 0 aliphatic carbocycles. The number of thiophene rings is 2. The molecule has 0 bridgehead atoms. The van der Waals surface area contributed by atoms with Crippen LogP contribution in [0.2, 0.25) is 0 Å². The van der Waals surface area contributed by atoms with Crippen molar-refractivity contribution < 1.29 is 14.7 Å². The van der Waals surface area contributed by atoms with E-state index in [1.165, 1.54) is 11.3 Å². The maximum absolute atomic E-state index is 12.5. The van der Waals surface area contributed by atoms with Crippen molar-refractivity contribution in [2.75, 3.05) is 0 Å². The van der Waals surface area contributed by atoms with Gasteiger partial charge in [-0.3, -0.25) is 14.6 Å². The van der Waals surface area contributed by atoms with Gasteiger partial charge >= 0.3 is 0 Å². The highest BCUT2D eigenvalue weighted by atomic mass is 79.9. The maximum Gasteiger partial charge on any atom is 0.281 e. The topological polar surface area (TPSA) is 104 Å². The number of aromatic hydroxyl groups is 1. The molecule has 0 spiro atoms. The monoisotopic (exact) mass is 554 g/mol. The molecule has 3 N–H and O–H groups in total. The molecule has 3 heterocycles. The first-order chi connectivity index (χ1) is 16.4. The number of amides is 2. The van der Waals surface area contributed by atoms with Crippen LogP contribution in [-0.2, 0) is 6.54 Å². The van der Waals surface area contributed by atoms with Crippen molar-refractivity contribution in [2.45, 2.75) is 13.5 Å². The Kier molecular flexibility index (Phi) is 7.51. The summed E-state index contributed by atoms with van der Waals surface area (Å²) in [6, 6.07) is 14.5. The second-order valence-electron chi connectivity index (χ2n) is 7.17. The van der Waals surface area contributed by atoms with Crippen LogP contribution in [0.25, 0.3) is 10.4 Å². The second kappa shape index (κ2) is 10.7. The van der Waals surface area contributed by atoms with E-state index in [1.54, 1.807) is 36.8 Å². The molecular formula is C24H19BrN4O3S2. The van der Waals surface area contributed by atoms with E-state index in [9.17, 15) is 14.7 Å². The molecule has 34 heavy (non-hydrogen) atoms.